The molecule has 0 bridgehead atoms. The van der Waals surface area contributed by atoms with Crippen LogP contribution in [-0.2, 0) is 0 Å². The molecular formula is C17H12N2O2. The summed E-state index contributed by atoms with van der Waals surface area (Å²) in [5, 5.41) is 9.74. The topological polar surface area (TPSA) is 65.9 Å². The first-order chi connectivity index (χ1) is 10.2. The minimum atomic E-state index is -0.102. The van der Waals surface area contributed by atoms with Gasteiger partial charge in [0.05, 0.1) is 18.7 Å². The number of H-pyrrole nitrogens is 1. The predicted octanol–water partition coefficient (Wildman–Crippen LogP) is 3.28. The van der Waals surface area contributed by atoms with Crippen LogP contribution in [0.3, 0.4) is 0 Å². The summed E-state index contributed by atoms with van der Waals surface area (Å²) >= 11 is 0. The molecule has 0 fully saturated rings. The summed E-state index contributed by atoms with van der Waals surface area (Å²) < 4.78 is 5.14. The zero-order valence-corrected chi connectivity index (χ0v) is 11.4. The number of benzene rings is 2. The van der Waals surface area contributed by atoms with Gasteiger partial charge in [-0.1, -0.05) is 12.1 Å². The number of rotatable bonds is 3. The highest BCUT2D eigenvalue weighted by atomic mass is 16.5. The van der Waals surface area contributed by atoms with E-state index in [1.807, 2.05) is 0 Å². The molecule has 0 aliphatic heterocycles. The van der Waals surface area contributed by atoms with Crippen LogP contribution in [0.2, 0.25) is 0 Å². The smallest absolute Gasteiger partial charge is 0.195 e. The van der Waals surface area contributed by atoms with E-state index in [-0.39, 0.29) is 5.78 Å². The number of carbonyl (C=O) groups is 1. The lowest BCUT2D eigenvalue weighted by molar-refractivity contribution is 0.104. The highest BCUT2D eigenvalue weighted by Gasteiger charge is 2.15. The molecule has 21 heavy (non-hydrogen) atoms. The Bertz CT molecular complexity index is 872. The molecule has 0 unspecified atom stereocenters. The third-order valence-corrected chi connectivity index (χ3v) is 3.39. The van der Waals surface area contributed by atoms with E-state index in [1.54, 1.807) is 55.8 Å². The molecule has 0 atom stereocenters. The van der Waals surface area contributed by atoms with Crippen molar-refractivity contribution in [2.75, 3.05) is 7.11 Å². The summed E-state index contributed by atoms with van der Waals surface area (Å²) in [7, 11) is 1.56. The normalized spacial score (nSPS) is 10.3. The molecule has 102 valence electrons. The molecule has 0 amide bonds. The van der Waals surface area contributed by atoms with Gasteiger partial charge in [-0.15, -0.1) is 0 Å². The van der Waals surface area contributed by atoms with Gasteiger partial charge in [0.25, 0.3) is 0 Å². The van der Waals surface area contributed by atoms with Crippen molar-refractivity contribution < 1.29 is 9.53 Å². The fraction of sp³-hybridized carbons (Fsp3) is 0.0588. The van der Waals surface area contributed by atoms with Crippen LogP contribution in [0.15, 0.2) is 48.7 Å². The molecule has 0 spiro atoms. The van der Waals surface area contributed by atoms with Crippen molar-refractivity contribution in [1.82, 2.24) is 4.98 Å². The van der Waals surface area contributed by atoms with Crippen LogP contribution in [0.1, 0.15) is 21.5 Å². The summed E-state index contributed by atoms with van der Waals surface area (Å²) in [6.07, 6.45) is 1.67. The first-order valence-electron chi connectivity index (χ1n) is 6.43. The third-order valence-electron chi connectivity index (χ3n) is 3.39. The fourth-order valence-corrected chi connectivity index (χ4v) is 2.30. The number of fused-ring (bicyclic) bond motifs is 1. The minimum absolute atomic E-state index is 0.102. The monoisotopic (exact) mass is 276 g/mol. The predicted molar refractivity (Wildman–Crippen MR) is 79.4 cm³/mol. The zero-order chi connectivity index (χ0) is 14.8. The van der Waals surface area contributed by atoms with Gasteiger partial charge in [-0.05, 0) is 30.3 Å². The van der Waals surface area contributed by atoms with Crippen molar-refractivity contribution in [3.05, 3.63) is 65.4 Å². The number of nitrogens with zero attached hydrogens (tertiary/aromatic N) is 1. The van der Waals surface area contributed by atoms with Crippen molar-refractivity contribution in [2.24, 2.45) is 0 Å². The molecule has 0 saturated heterocycles. The summed E-state index contributed by atoms with van der Waals surface area (Å²) in [4.78, 5) is 15.7. The van der Waals surface area contributed by atoms with Gasteiger partial charge in [-0.25, -0.2) is 0 Å². The number of hydrogen-bond acceptors (Lipinski definition) is 3. The van der Waals surface area contributed by atoms with Crippen molar-refractivity contribution >= 4 is 16.7 Å². The Balaban J connectivity index is 2.11. The van der Waals surface area contributed by atoms with Crippen LogP contribution in [-0.4, -0.2) is 17.9 Å². The van der Waals surface area contributed by atoms with Crippen molar-refractivity contribution in [1.29, 1.82) is 5.26 Å². The van der Waals surface area contributed by atoms with Gasteiger partial charge in [0, 0.05) is 28.2 Å². The molecule has 1 heterocycles. The zero-order valence-electron chi connectivity index (χ0n) is 11.4. The Morgan fingerprint density at radius 3 is 2.86 bits per heavy atom. The Labute approximate surface area is 121 Å². The van der Waals surface area contributed by atoms with Gasteiger partial charge in [0.15, 0.2) is 5.78 Å². The molecule has 0 radical (unpaired) electrons. The van der Waals surface area contributed by atoms with Gasteiger partial charge in [0.2, 0.25) is 0 Å². The summed E-state index contributed by atoms with van der Waals surface area (Å²) in [6, 6.07) is 14.4. The number of methoxy groups -OCH3 is 1. The largest absolute Gasteiger partial charge is 0.497 e. The highest BCUT2D eigenvalue weighted by molar-refractivity contribution is 6.16. The molecule has 0 aliphatic carbocycles. The highest BCUT2D eigenvalue weighted by Crippen LogP contribution is 2.23. The number of carbonyl (C=O) groups excluding carboxylic acids is 1. The summed E-state index contributed by atoms with van der Waals surface area (Å²) in [5.74, 6) is 0.536. The first kappa shape index (κ1) is 12.9. The van der Waals surface area contributed by atoms with Crippen molar-refractivity contribution in [3.63, 3.8) is 0 Å². The van der Waals surface area contributed by atoms with Crippen molar-refractivity contribution in [3.8, 4) is 11.8 Å². The molecule has 0 saturated carbocycles. The van der Waals surface area contributed by atoms with Crippen LogP contribution in [0.5, 0.6) is 5.75 Å². The second-order valence-electron chi connectivity index (χ2n) is 4.64. The van der Waals surface area contributed by atoms with E-state index in [1.165, 1.54) is 0 Å². The number of ether oxygens (including phenoxy) is 1. The Hall–Kier alpha value is -3.06. The molecule has 3 aromatic rings. The lowest BCUT2D eigenvalue weighted by Crippen LogP contribution is -2.00. The maximum Gasteiger partial charge on any atom is 0.195 e. The van der Waals surface area contributed by atoms with E-state index in [0.717, 1.165) is 10.9 Å². The number of nitriles is 1. The molecule has 4 heteroatoms. The van der Waals surface area contributed by atoms with E-state index < -0.39 is 0 Å². The quantitative estimate of drug-likeness (QED) is 0.746. The third kappa shape index (κ3) is 2.26. The molecule has 3 rings (SSSR count). The van der Waals surface area contributed by atoms with E-state index in [4.69, 9.17) is 10.00 Å². The average Bonchev–Trinajstić information content (AvgIpc) is 2.97. The van der Waals surface area contributed by atoms with Crippen LogP contribution >= 0.6 is 0 Å². The maximum absolute atomic E-state index is 12.6. The summed E-state index contributed by atoms with van der Waals surface area (Å²) in [6.45, 7) is 0. The minimum Gasteiger partial charge on any atom is -0.497 e. The van der Waals surface area contributed by atoms with Crippen molar-refractivity contribution in [2.45, 2.75) is 0 Å². The molecule has 1 aromatic heterocycles. The maximum atomic E-state index is 12.6. The van der Waals surface area contributed by atoms with Gasteiger partial charge >= 0.3 is 0 Å². The van der Waals surface area contributed by atoms with E-state index >= 15 is 0 Å². The van der Waals surface area contributed by atoms with Crippen LogP contribution in [0.25, 0.3) is 10.9 Å². The van der Waals surface area contributed by atoms with E-state index in [9.17, 15) is 4.79 Å². The lowest BCUT2D eigenvalue weighted by Gasteiger charge is -2.03. The number of hydrogen-bond donors (Lipinski definition) is 1. The van der Waals surface area contributed by atoms with Crippen LogP contribution in [0, 0.1) is 11.3 Å². The van der Waals surface area contributed by atoms with E-state index in [2.05, 4.69) is 11.1 Å². The van der Waals surface area contributed by atoms with Gasteiger partial charge < -0.3 is 9.72 Å². The number of ketones is 1. The fourth-order valence-electron chi connectivity index (χ4n) is 2.30. The number of aromatic nitrogens is 1. The number of nitrogens with one attached hydrogen (secondary N) is 1. The molecular weight excluding hydrogens is 264 g/mol. The molecule has 1 N–H and O–H groups in total. The Morgan fingerprint density at radius 2 is 2.10 bits per heavy atom. The Kier molecular flexibility index (Phi) is 3.17. The molecule has 4 nitrogen and oxygen atoms in total. The van der Waals surface area contributed by atoms with E-state index in [0.29, 0.717) is 22.4 Å². The lowest BCUT2D eigenvalue weighted by atomic mass is 10.0. The van der Waals surface area contributed by atoms with Crippen LogP contribution in [0.4, 0.5) is 0 Å². The molecule has 2 aromatic carbocycles. The first-order valence-corrected chi connectivity index (χ1v) is 6.43. The number of aromatic amines is 1. The second kappa shape index (κ2) is 5.14. The second-order valence-corrected chi connectivity index (χ2v) is 4.64. The van der Waals surface area contributed by atoms with Gasteiger partial charge in [-0.2, -0.15) is 5.26 Å². The average molecular weight is 276 g/mol. The van der Waals surface area contributed by atoms with Gasteiger partial charge in [0.1, 0.15) is 5.75 Å². The Morgan fingerprint density at radius 1 is 1.24 bits per heavy atom. The molecule has 0 aliphatic rings. The SMILES string of the molecule is COc1cccc(C(=O)c2c[nH]c3ccc(C#N)cc23)c1. The standard InChI is InChI=1S/C17H12N2O2/c1-21-13-4-2-3-12(8-13)17(20)15-10-19-16-6-5-11(9-18)7-14(15)16/h2-8,10,19H,1H3. The van der Waals surface area contributed by atoms with Crippen LogP contribution < -0.4 is 4.74 Å². The summed E-state index contributed by atoms with van der Waals surface area (Å²) in [5.41, 5.74) is 2.47. The van der Waals surface area contributed by atoms with Gasteiger partial charge in [-0.3, -0.25) is 4.79 Å².